The van der Waals surface area contributed by atoms with Gasteiger partial charge in [0.05, 0.1) is 5.69 Å². The lowest BCUT2D eigenvalue weighted by Gasteiger charge is -2.13. The van der Waals surface area contributed by atoms with Gasteiger partial charge in [-0.1, -0.05) is 6.92 Å². The second-order valence-corrected chi connectivity index (χ2v) is 3.74. The highest BCUT2D eigenvalue weighted by atomic mass is 16.1. The SMILES string of the molecule is CCc1c(-c2cccnn2)ccc(=O)n1CC. The largest absolute Gasteiger partial charge is 0.312 e. The first kappa shape index (κ1) is 11.5. The molecule has 0 unspecified atom stereocenters. The third-order valence-electron chi connectivity index (χ3n) is 2.79. The molecule has 0 saturated heterocycles. The predicted molar refractivity (Wildman–Crippen MR) is 66.8 cm³/mol. The molecule has 0 radical (unpaired) electrons. The topological polar surface area (TPSA) is 47.8 Å². The molecule has 0 aromatic carbocycles. The number of hydrogen-bond donors (Lipinski definition) is 0. The molecule has 0 amide bonds. The Morgan fingerprint density at radius 2 is 2.06 bits per heavy atom. The molecule has 2 aromatic rings. The molecule has 88 valence electrons. The summed E-state index contributed by atoms with van der Waals surface area (Å²) in [5.41, 5.74) is 2.85. The molecule has 17 heavy (non-hydrogen) atoms. The van der Waals surface area contributed by atoms with Crippen molar-refractivity contribution >= 4 is 0 Å². The molecule has 0 atom stereocenters. The Morgan fingerprint density at radius 1 is 1.24 bits per heavy atom. The molecule has 2 heterocycles. The third-order valence-corrected chi connectivity index (χ3v) is 2.79. The van der Waals surface area contributed by atoms with Crippen molar-refractivity contribution < 1.29 is 0 Å². The zero-order chi connectivity index (χ0) is 12.3. The number of pyridine rings is 1. The molecule has 0 spiro atoms. The van der Waals surface area contributed by atoms with Gasteiger partial charge < -0.3 is 4.57 Å². The van der Waals surface area contributed by atoms with Gasteiger partial charge in [0.15, 0.2) is 0 Å². The molecule has 0 aliphatic carbocycles. The summed E-state index contributed by atoms with van der Waals surface area (Å²) in [7, 11) is 0. The maximum atomic E-state index is 11.7. The summed E-state index contributed by atoms with van der Waals surface area (Å²) in [6.45, 7) is 4.69. The van der Waals surface area contributed by atoms with E-state index in [1.54, 1.807) is 16.8 Å². The zero-order valence-electron chi connectivity index (χ0n) is 10.1. The molecular weight excluding hydrogens is 214 g/mol. The lowest BCUT2D eigenvalue weighted by molar-refractivity contribution is 0.682. The third kappa shape index (κ3) is 2.11. The van der Waals surface area contributed by atoms with Crippen molar-refractivity contribution in [2.24, 2.45) is 0 Å². The minimum absolute atomic E-state index is 0.0389. The van der Waals surface area contributed by atoms with Gasteiger partial charge in [0, 0.05) is 30.1 Å². The van der Waals surface area contributed by atoms with E-state index in [0.29, 0.717) is 6.54 Å². The Hall–Kier alpha value is -1.97. The Morgan fingerprint density at radius 3 is 2.65 bits per heavy atom. The van der Waals surface area contributed by atoms with E-state index in [4.69, 9.17) is 0 Å². The Balaban J connectivity index is 2.67. The van der Waals surface area contributed by atoms with E-state index in [9.17, 15) is 4.79 Å². The normalized spacial score (nSPS) is 10.5. The van der Waals surface area contributed by atoms with Crippen LogP contribution in [0.3, 0.4) is 0 Å². The van der Waals surface area contributed by atoms with Crippen LogP contribution in [0.25, 0.3) is 11.3 Å². The predicted octanol–water partition coefficient (Wildman–Crippen LogP) is 1.89. The zero-order valence-corrected chi connectivity index (χ0v) is 10.1. The Bertz CT molecular complexity index is 561. The van der Waals surface area contributed by atoms with Gasteiger partial charge >= 0.3 is 0 Å². The number of nitrogens with zero attached hydrogens (tertiary/aromatic N) is 3. The van der Waals surface area contributed by atoms with Gasteiger partial charge in [-0.05, 0) is 31.5 Å². The molecule has 0 saturated carbocycles. The van der Waals surface area contributed by atoms with Gasteiger partial charge in [-0.3, -0.25) is 4.79 Å². The molecule has 2 rings (SSSR count). The maximum absolute atomic E-state index is 11.7. The van der Waals surface area contributed by atoms with Crippen molar-refractivity contribution in [3.05, 3.63) is 46.5 Å². The minimum Gasteiger partial charge on any atom is -0.312 e. The van der Waals surface area contributed by atoms with Gasteiger partial charge in [-0.15, -0.1) is 0 Å². The van der Waals surface area contributed by atoms with Crippen LogP contribution in [0.4, 0.5) is 0 Å². The summed E-state index contributed by atoms with van der Waals surface area (Å²) in [6.07, 6.45) is 2.45. The van der Waals surface area contributed by atoms with Crippen molar-refractivity contribution in [3.8, 4) is 11.3 Å². The number of rotatable bonds is 3. The summed E-state index contributed by atoms with van der Waals surface area (Å²) in [4.78, 5) is 11.7. The monoisotopic (exact) mass is 229 g/mol. The maximum Gasteiger partial charge on any atom is 0.250 e. The summed E-state index contributed by atoms with van der Waals surface area (Å²) < 4.78 is 1.78. The quantitative estimate of drug-likeness (QED) is 0.807. The van der Waals surface area contributed by atoms with Gasteiger partial charge in [-0.25, -0.2) is 0 Å². The van der Waals surface area contributed by atoms with Gasteiger partial charge in [0.25, 0.3) is 5.56 Å². The smallest absolute Gasteiger partial charge is 0.250 e. The average molecular weight is 229 g/mol. The van der Waals surface area contributed by atoms with Crippen LogP contribution in [0, 0.1) is 0 Å². The molecule has 2 aromatic heterocycles. The van der Waals surface area contributed by atoms with E-state index in [1.165, 1.54) is 0 Å². The molecular formula is C13H15N3O. The molecule has 4 heteroatoms. The highest BCUT2D eigenvalue weighted by Gasteiger charge is 2.10. The molecule has 0 bridgehead atoms. The van der Waals surface area contributed by atoms with Crippen LogP contribution in [0.1, 0.15) is 19.5 Å². The summed E-state index contributed by atoms with van der Waals surface area (Å²) in [6, 6.07) is 7.18. The Kier molecular flexibility index (Phi) is 3.32. The Labute approximate surface area is 99.9 Å². The molecule has 0 aliphatic heterocycles. The van der Waals surface area contributed by atoms with Gasteiger partial charge in [0.2, 0.25) is 0 Å². The fraction of sp³-hybridized carbons (Fsp3) is 0.308. The van der Waals surface area contributed by atoms with Gasteiger partial charge in [0.1, 0.15) is 0 Å². The van der Waals surface area contributed by atoms with Crippen molar-refractivity contribution in [1.82, 2.24) is 14.8 Å². The van der Waals surface area contributed by atoms with Crippen molar-refractivity contribution in [1.29, 1.82) is 0 Å². The number of hydrogen-bond acceptors (Lipinski definition) is 3. The van der Waals surface area contributed by atoms with Crippen LogP contribution in [-0.2, 0) is 13.0 Å². The van der Waals surface area contributed by atoms with Crippen LogP contribution in [0.15, 0.2) is 35.3 Å². The summed E-state index contributed by atoms with van der Waals surface area (Å²) in [5.74, 6) is 0. The van der Waals surface area contributed by atoms with Gasteiger partial charge in [-0.2, -0.15) is 10.2 Å². The first-order valence-electron chi connectivity index (χ1n) is 5.78. The fourth-order valence-electron chi connectivity index (χ4n) is 2.03. The summed E-state index contributed by atoms with van der Waals surface area (Å²) >= 11 is 0. The molecule has 0 fully saturated rings. The number of aromatic nitrogens is 3. The molecule has 0 aliphatic rings. The average Bonchev–Trinajstić information content (AvgIpc) is 2.39. The van der Waals surface area contributed by atoms with E-state index in [0.717, 1.165) is 23.4 Å². The molecule has 0 N–H and O–H groups in total. The highest BCUT2D eigenvalue weighted by Crippen LogP contribution is 2.19. The van der Waals surface area contributed by atoms with Crippen molar-refractivity contribution in [3.63, 3.8) is 0 Å². The summed E-state index contributed by atoms with van der Waals surface area (Å²) in [5, 5.41) is 7.97. The lowest BCUT2D eigenvalue weighted by Crippen LogP contribution is -2.22. The van der Waals surface area contributed by atoms with Crippen LogP contribution in [0.2, 0.25) is 0 Å². The fourth-order valence-corrected chi connectivity index (χ4v) is 2.03. The van der Waals surface area contributed by atoms with Crippen molar-refractivity contribution in [2.45, 2.75) is 26.8 Å². The first-order valence-corrected chi connectivity index (χ1v) is 5.78. The lowest BCUT2D eigenvalue weighted by atomic mass is 10.1. The second kappa shape index (κ2) is 4.91. The highest BCUT2D eigenvalue weighted by molar-refractivity contribution is 5.61. The van der Waals surface area contributed by atoms with E-state index < -0.39 is 0 Å². The van der Waals surface area contributed by atoms with Crippen molar-refractivity contribution in [2.75, 3.05) is 0 Å². The van der Waals surface area contributed by atoms with E-state index in [-0.39, 0.29) is 5.56 Å². The molecule has 4 nitrogen and oxygen atoms in total. The van der Waals surface area contributed by atoms with E-state index in [1.807, 2.05) is 32.0 Å². The van der Waals surface area contributed by atoms with E-state index >= 15 is 0 Å². The minimum atomic E-state index is 0.0389. The van der Waals surface area contributed by atoms with Crippen LogP contribution < -0.4 is 5.56 Å². The standard InChI is InChI=1S/C13H15N3O/c1-3-12-10(11-6-5-9-14-15-11)7-8-13(17)16(12)4-2/h5-9H,3-4H2,1-2H3. The van der Waals surface area contributed by atoms with E-state index in [2.05, 4.69) is 10.2 Å². The first-order chi connectivity index (χ1) is 8.27. The van der Waals surface area contributed by atoms with Crippen LogP contribution in [0.5, 0.6) is 0 Å². The van der Waals surface area contributed by atoms with Crippen LogP contribution >= 0.6 is 0 Å². The van der Waals surface area contributed by atoms with Crippen LogP contribution in [-0.4, -0.2) is 14.8 Å². The second-order valence-electron chi connectivity index (χ2n) is 3.74.